The fourth-order valence-corrected chi connectivity index (χ4v) is 1.62. The summed E-state index contributed by atoms with van der Waals surface area (Å²) in [5.74, 6) is 0.825. The van der Waals surface area contributed by atoms with Crippen molar-refractivity contribution < 1.29 is 0 Å². The number of anilines is 1. The minimum atomic E-state index is 0.317. The molecule has 0 spiro atoms. The van der Waals surface area contributed by atoms with Gasteiger partial charge < -0.3 is 10.3 Å². The molecule has 78 valence electrons. The quantitative estimate of drug-likeness (QED) is 0.798. The number of hydrogen-bond donors (Lipinski definition) is 2. The van der Waals surface area contributed by atoms with E-state index in [0.29, 0.717) is 6.04 Å². The summed E-state index contributed by atoms with van der Waals surface area (Å²) < 4.78 is 0. The van der Waals surface area contributed by atoms with Crippen LogP contribution in [0.5, 0.6) is 0 Å². The first-order valence-corrected chi connectivity index (χ1v) is 5.21. The van der Waals surface area contributed by atoms with Crippen LogP contribution in [0.25, 0.3) is 0 Å². The van der Waals surface area contributed by atoms with E-state index in [1.807, 2.05) is 12.3 Å². The van der Waals surface area contributed by atoms with Gasteiger partial charge in [0.05, 0.1) is 6.04 Å². The van der Waals surface area contributed by atoms with Crippen molar-refractivity contribution in [2.24, 2.45) is 0 Å². The largest absolute Gasteiger partial charge is 0.349 e. The first kappa shape index (κ1) is 9.77. The minimum Gasteiger partial charge on any atom is -0.349 e. The van der Waals surface area contributed by atoms with Crippen LogP contribution in [0.4, 0.5) is 5.95 Å². The molecule has 0 aliphatic rings. The van der Waals surface area contributed by atoms with Crippen LogP contribution in [0.2, 0.25) is 0 Å². The fourth-order valence-electron chi connectivity index (χ4n) is 1.62. The molecule has 2 rings (SSSR count). The molecule has 1 aromatic heterocycles. The molecule has 0 aliphatic heterocycles. The third-order valence-electron chi connectivity index (χ3n) is 2.42. The summed E-state index contributed by atoms with van der Waals surface area (Å²) in [4.78, 5) is 7.21. The fraction of sp³-hybridized carbons (Fsp3) is 0.250. The maximum Gasteiger partial charge on any atom is 0.200 e. The molecule has 15 heavy (non-hydrogen) atoms. The molecule has 0 saturated heterocycles. The van der Waals surface area contributed by atoms with Crippen LogP contribution in [0, 0.1) is 0 Å². The van der Waals surface area contributed by atoms with Crippen molar-refractivity contribution in [2.75, 3.05) is 5.32 Å². The number of hydrogen-bond acceptors (Lipinski definition) is 2. The average molecular weight is 201 g/mol. The SMILES string of the molecule is CC[C@@H](Nc1ncc[nH]1)c1ccccc1. The average Bonchev–Trinajstić information content (AvgIpc) is 2.80. The molecule has 3 heteroatoms. The van der Waals surface area contributed by atoms with E-state index in [-0.39, 0.29) is 0 Å². The smallest absolute Gasteiger partial charge is 0.200 e. The van der Waals surface area contributed by atoms with Gasteiger partial charge in [-0.05, 0) is 12.0 Å². The topological polar surface area (TPSA) is 40.7 Å². The van der Waals surface area contributed by atoms with Crippen molar-refractivity contribution in [1.82, 2.24) is 9.97 Å². The molecule has 1 atom stereocenters. The molecule has 0 aliphatic carbocycles. The monoisotopic (exact) mass is 201 g/mol. The summed E-state index contributed by atoms with van der Waals surface area (Å²) in [5.41, 5.74) is 1.29. The first-order valence-electron chi connectivity index (χ1n) is 5.21. The minimum absolute atomic E-state index is 0.317. The zero-order valence-corrected chi connectivity index (χ0v) is 8.77. The standard InChI is InChI=1S/C12H15N3/c1-2-11(10-6-4-3-5-7-10)15-12-13-8-9-14-12/h3-9,11H,2H2,1H3,(H2,13,14,15)/t11-/m1/s1. The highest BCUT2D eigenvalue weighted by Crippen LogP contribution is 2.19. The number of nitrogens with one attached hydrogen (secondary N) is 2. The Morgan fingerprint density at radius 1 is 1.33 bits per heavy atom. The van der Waals surface area contributed by atoms with Crippen molar-refractivity contribution in [3.8, 4) is 0 Å². The third-order valence-corrected chi connectivity index (χ3v) is 2.42. The molecule has 0 bridgehead atoms. The van der Waals surface area contributed by atoms with Crippen LogP contribution in [-0.4, -0.2) is 9.97 Å². The predicted octanol–water partition coefficient (Wildman–Crippen LogP) is 2.97. The number of nitrogens with zero attached hydrogens (tertiary/aromatic N) is 1. The van der Waals surface area contributed by atoms with Crippen LogP contribution in [0.1, 0.15) is 24.9 Å². The van der Waals surface area contributed by atoms with E-state index in [0.717, 1.165) is 12.4 Å². The first-order chi connectivity index (χ1) is 7.40. The molecular formula is C12H15N3. The summed E-state index contributed by atoms with van der Waals surface area (Å²) >= 11 is 0. The van der Waals surface area contributed by atoms with Crippen molar-refractivity contribution >= 4 is 5.95 Å². The zero-order chi connectivity index (χ0) is 10.5. The molecule has 1 heterocycles. The zero-order valence-electron chi connectivity index (χ0n) is 8.77. The van der Waals surface area contributed by atoms with Gasteiger partial charge in [0, 0.05) is 12.4 Å². The molecular weight excluding hydrogens is 186 g/mol. The Kier molecular flexibility index (Phi) is 3.02. The van der Waals surface area contributed by atoms with Crippen molar-refractivity contribution in [2.45, 2.75) is 19.4 Å². The Balaban J connectivity index is 2.12. The lowest BCUT2D eigenvalue weighted by Gasteiger charge is -2.16. The van der Waals surface area contributed by atoms with Crippen LogP contribution in [0.3, 0.4) is 0 Å². The van der Waals surface area contributed by atoms with Crippen molar-refractivity contribution in [3.05, 3.63) is 48.3 Å². The van der Waals surface area contributed by atoms with E-state index < -0.39 is 0 Å². The van der Waals surface area contributed by atoms with Gasteiger partial charge in [0.25, 0.3) is 0 Å². The van der Waals surface area contributed by atoms with Gasteiger partial charge in [0.15, 0.2) is 0 Å². The van der Waals surface area contributed by atoms with Gasteiger partial charge in [-0.3, -0.25) is 0 Å². The van der Waals surface area contributed by atoms with Gasteiger partial charge in [0.2, 0.25) is 5.95 Å². The van der Waals surface area contributed by atoms with Crippen LogP contribution in [0.15, 0.2) is 42.7 Å². The molecule has 1 aromatic carbocycles. The van der Waals surface area contributed by atoms with E-state index in [1.165, 1.54) is 5.56 Å². The summed E-state index contributed by atoms with van der Waals surface area (Å²) in [6.07, 6.45) is 4.60. The van der Waals surface area contributed by atoms with E-state index >= 15 is 0 Å². The van der Waals surface area contributed by atoms with Crippen LogP contribution >= 0.6 is 0 Å². The highest BCUT2D eigenvalue weighted by Gasteiger charge is 2.08. The van der Waals surface area contributed by atoms with Crippen molar-refractivity contribution in [3.63, 3.8) is 0 Å². The van der Waals surface area contributed by atoms with Crippen LogP contribution < -0.4 is 5.32 Å². The summed E-state index contributed by atoms with van der Waals surface area (Å²) in [5, 5.41) is 3.36. The molecule has 2 N–H and O–H groups in total. The van der Waals surface area contributed by atoms with Crippen molar-refractivity contribution in [1.29, 1.82) is 0 Å². The number of aromatic nitrogens is 2. The second-order valence-corrected chi connectivity index (χ2v) is 3.45. The molecule has 0 radical (unpaired) electrons. The van der Waals surface area contributed by atoms with E-state index in [4.69, 9.17) is 0 Å². The Morgan fingerprint density at radius 2 is 2.13 bits per heavy atom. The van der Waals surface area contributed by atoms with Crippen LogP contribution in [-0.2, 0) is 0 Å². The highest BCUT2D eigenvalue weighted by molar-refractivity contribution is 5.31. The lowest BCUT2D eigenvalue weighted by Crippen LogP contribution is -2.10. The van der Waals surface area contributed by atoms with Gasteiger partial charge in [-0.2, -0.15) is 0 Å². The number of rotatable bonds is 4. The van der Waals surface area contributed by atoms with Gasteiger partial charge in [-0.15, -0.1) is 0 Å². The molecule has 3 nitrogen and oxygen atoms in total. The molecule has 2 aromatic rings. The maximum atomic E-state index is 4.16. The number of aromatic amines is 1. The van der Waals surface area contributed by atoms with Gasteiger partial charge >= 0.3 is 0 Å². The Bertz CT molecular complexity index is 381. The Labute approximate surface area is 89.6 Å². The summed E-state index contributed by atoms with van der Waals surface area (Å²) in [6.45, 7) is 2.16. The molecule has 0 unspecified atom stereocenters. The number of benzene rings is 1. The predicted molar refractivity (Wildman–Crippen MR) is 61.7 cm³/mol. The Hall–Kier alpha value is -1.77. The van der Waals surface area contributed by atoms with E-state index in [2.05, 4.69) is 46.5 Å². The molecule has 0 fully saturated rings. The number of H-pyrrole nitrogens is 1. The molecule has 0 amide bonds. The summed E-state index contributed by atoms with van der Waals surface area (Å²) in [6, 6.07) is 10.7. The van der Waals surface area contributed by atoms with E-state index in [1.54, 1.807) is 6.20 Å². The Morgan fingerprint density at radius 3 is 2.73 bits per heavy atom. The van der Waals surface area contributed by atoms with Gasteiger partial charge in [-0.1, -0.05) is 37.3 Å². The maximum absolute atomic E-state index is 4.16. The lowest BCUT2D eigenvalue weighted by atomic mass is 10.1. The summed E-state index contributed by atoms with van der Waals surface area (Å²) in [7, 11) is 0. The number of imidazole rings is 1. The normalized spacial score (nSPS) is 12.3. The second-order valence-electron chi connectivity index (χ2n) is 3.45. The van der Waals surface area contributed by atoms with Gasteiger partial charge in [-0.25, -0.2) is 4.98 Å². The van der Waals surface area contributed by atoms with Gasteiger partial charge in [0.1, 0.15) is 0 Å². The highest BCUT2D eigenvalue weighted by atomic mass is 15.1. The third kappa shape index (κ3) is 2.37. The molecule has 0 saturated carbocycles. The lowest BCUT2D eigenvalue weighted by molar-refractivity contribution is 0.741. The van der Waals surface area contributed by atoms with E-state index in [9.17, 15) is 0 Å². The second kappa shape index (κ2) is 4.64.